The van der Waals surface area contributed by atoms with Gasteiger partial charge in [0, 0.05) is 12.1 Å². The first-order valence-electron chi connectivity index (χ1n) is 9.02. The number of anilines is 1. The fourth-order valence-corrected chi connectivity index (χ4v) is 3.16. The van der Waals surface area contributed by atoms with Gasteiger partial charge in [0.05, 0.1) is 34.4 Å². The van der Waals surface area contributed by atoms with Gasteiger partial charge in [-0.2, -0.15) is 0 Å². The summed E-state index contributed by atoms with van der Waals surface area (Å²) in [6, 6.07) is 15.8. The van der Waals surface area contributed by atoms with Crippen LogP contribution in [0.1, 0.15) is 31.1 Å². The Morgan fingerprint density at radius 2 is 1.61 bits per heavy atom. The highest BCUT2D eigenvalue weighted by atomic mass is 16.6. The summed E-state index contributed by atoms with van der Waals surface area (Å²) < 4.78 is 10.4. The van der Waals surface area contributed by atoms with Crippen molar-refractivity contribution in [1.82, 2.24) is 0 Å². The molecular formula is C22H14N2O7. The van der Waals surface area contributed by atoms with Crippen molar-refractivity contribution in [2.24, 2.45) is 0 Å². The third-order valence-electron chi connectivity index (χ3n) is 4.69. The van der Waals surface area contributed by atoms with E-state index in [1.165, 1.54) is 49.6 Å². The third-order valence-corrected chi connectivity index (χ3v) is 4.69. The van der Waals surface area contributed by atoms with Gasteiger partial charge >= 0.3 is 5.97 Å². The number of methoxy groups -OCH3 is 1. The minimum atomic E-state index is -0.662. The second kappa shape index (κ2) is 7.71. The number of carbonyl (C=O) groups is 3. The molecule has 0 saturated heterocycles. The van der Waals surface area contributed by atoms with Crippen molar-refractivity contribution in [1.29, 1.82) is 0 Å². The Hall–Kier alpha value is -4.53. The first-order chi connectivity index (χ1) is 14.9. The molecule has 9 heteroatoms. The van der Waals surface area contributed by atoms with Crippen LogP contribution < -0.4 is 14.4 Å². The predicted octanol–water partition coefficient (Wildman–Crippen LogP) is 3.62. The highest BCUT2D eigenvalue weighted by molar-refractivity contribution is 6.34. The van der Waals surface area contributed by atoms with Gasteiger partial charge in [0.1, 0.15) is 11.5 Å². The Morgan fingerprint density at radius 3 is 2.29 bits per heavy atom. The van der Waals surface area contributed by atoms with Crippen LogP contribution in [0.3, 0.4) is 0 Å². The minimum absolute atomic E-state index is 0.0345. The number of hydrogen-bond acceptors (Lipinski definition) is 7. The lowest BCUT2D eigenvalue weighted by molar-refractivity contribution is -0.384. The zero-order chi connectivity index (χ0) is 22.1. The Labute approximate surface area is 175 Å². The molecule has 0 atom stereocenters. The summed E-state index contributed by atoms with van der Waals surface area (Å²) in [4.78, 5) is 48.9. The Morgan fingerprint density at radius 1 is 0.903 bits per heavy atom. The Kier molecular flexibility index (Phi) is 4.92. The molecule has 0 saturated carbocycles. The van der Waals surface area contributed by atoms with Gasteiger partial charge in [0.2, 0.25) is 0 Å². The maximum Gasteiger partial charge on any atom is 0.343 e. The van der Waals surface area contributed by atoms with Gasteiger partial charge in [0.25, 0.3) is 17.5 Å². The molecule has 154 valence electrons. The summed E-state index contributed by atoms with van der Waals surface area (Å²) in [5.74, 6) is -1.12. The lowest BCUT2D eigenvalue weighted by Crippen LogP contribution is -2.29. The van der Waals surface area contributed by atoms with Crippen molar-refractivity contribution in [3.8, 4) is 11.5 Å². The van der Waals surface area contributed by atoms with E-state index < -0.39 is 22.7 Å². The highest BCUT2D eigenvalue weighted by Gasteiger charge is 2.37. The number of imide groups is 1. The molecule has 0 radical (unpaired) electrons. The number of ether oxygens (including phenoxy) is 2. The van der Waals surface area contributed by atoms with Crippen molar-refractivity contribution in [3.63, 3.8) is 0 Å². The van der Waals surface area contributed by atoms with E-state index in [1.807, 2.05) is 0 Å². The van der Waals surface area contributed by atoms with Crippen LogP contribution in [0.4, 0.5) is 11.4 Å². The number of nitro groups is 1. The zero-order valence-corrected chi connectivity index (χ0v) is 16.1. The average molecular weight is 418 g/mol. The first kappa shape index (κ1) is 19.8. The second-order valence-electron chi connectivity index (χ2n) is 6.55. The van der Waals surface area contributed by atoms with E-state index in [0.29, 0.717) is 11.3 Å². The lowest BCUT2D eigenvalue weighted by Gasteiger charge is -2.14. The summed E-state index contributed by atoms with van der Waals surface area (Å²) in [5.41, 5.74) is 0.318. The van der Waals surface area contributed by atoms with Crippen LogP contribution in [0.15, 0.2) is 66.7 Å². The number of nitrogens with zero attached hydrogens (tertiary/aromatic N) is 2. The number of benzene rings is 3. The molecule has 0 N–H and O–H groups in total. The summed E-state index contributed by atoms with van der Waals surface area (Å²) in [6.07, 6.45) is 0. The molecule has 0 spiro atoms. The minimum Gasteiger partial charge on any atom is -0.497 e. The molecule has 0 unspecified atom stereocenters. The predicted molar refractivity (Wildman–Crippen MR) is 109 cm³/mol. The van der Waals surface area contributed by atoms with E-state index in [9.17, 15) is 24.5 Å². The third kappa shape index (κ3) is 3.60. The number of rotatable bonds is 5. The number of hydrogen-bond donors (Lipinski definition) is 0. The molecule has 1 heterocycles. The topological polar surface area (TPSA) is 116 Å². The highest BCUT2D eigenvalue weighted by Crippen LogP contribution is 2.31. The van der Waals surface area contributed by atoms with Crippen LogP contribution in [0.2, 0.25) is 0 Å². The van der Waals surface area contributed by atoms with Crippen molar-refractivity contribution in [2.75, 3.05) is 12.0 Å². The molecule has 0 aromatic heterocycles. The fraction of sp³-hybridized carbons (Fsp3) is 0.0455. The van der Waals surface area contributed by atoms with E-state index in [4.69, 9.17) is 9.47 Å². The molecular weight excluding hydrogens is 404 g/mol. The second-order valence-corrected chi connectivity index (χ2v) is 6.55. The molecule has 2 amide bonds. The van der Waals surface area contributed by atoms with E-state index >= 15 is 0 Å². The number of fused-ring (bicyclic) bond motifs is 1. The molecule has 0 aliphatic carbocycles. The van der Waals surface area contributed by atoms with Crippen LogP contribution in [-0.2, 0) is 0 Å². The molecule has 3 aromatic rings. The zero-order valence-electron chi connectivity index (χ0n) is 16.1. The van der Waals surface area contributed by atoms with Crippen LogP contribution >= 0.6 is 0 Å². The number of amides is 2. The lowest BCUT2D eigenvalue weighted by atomic mass is 10.1. The Bertz CT molecular complexity index is 1230. The van der Waals surface area contributed by atoms with Crippen LogP contribution in [0, 0.1) is 10.1 Å². The van der Waals surface area contributed by atoms with Gasteiger partial charge in [-0.3, -0.25) is 19.7 Å². The summed E-state index contributed by atoms with van der Waals surface area (Å²) in [5, 5.41) is 11.0. The van der Waals surface area contributed by atoms with Crippen molar-refractivity contribution >= 4 is 29.2 Å². The van der Waals surface area contributed by atoms with Crippen molar-refractivity contribution in [3.05, 3.63) is 93.5 Å². The summed E-state index contributed by atoms with van der Waals surface area (Å²) >= 11 is 0. The van der Waals surface area contributed by atoms with Gasteiger partial charge < -0.3 is 9.47 Å². The first-order valence-corrected chi connectivity index (χ1v) is 9.02. The van der Waals surface area contributed by atoms with E-state index in [0.717, 1.165) is 11.0 Å². The van der Waals surface area contributed by atoms with Gasteiger partial charge in [-0.05, 0) is 48.5 Å². The van der Waals surface area contributed by atoms with Crippen LogP contribution in [0.5, 0.6) is 11.5 Å². The van der Waals surface area contributed by atoms with Gasteiger partial charge in [0.15, 0.2) is 0 Å². The van der Waals surface area contributed by atoms with Gasteiger partial charge in [-0.1, -0.05) is 6.07 Å². The number of nitro benzene ring substituents is 1. The van der Waals surface area contributed by atoms with Gasteiger partial charge in [-0.25, -0.2) is 9.69 Å². The van der Waals surface area contributed by atoms with Crippen LogP contribution in [-0.4, -0.2) is 29.8 Å². The summed E-state index contributed by atoms with van der Waals surface area (Å²) in [7, 11) is 1.49. The molecule has 4 rings (SSSR count). The SMILES string of the molecule is COc1cccc(C(=O)Oc2ccc(N3C(=O)c4ccc([N+](=O)[O-])cc4C3=O)cc2)c1. The standard InChI is InChI=1S/C22H14N2O7/c1-30-17-4-2-3-13(11-17)22(27)31-16-8-5-14(6-9-16)23-20(25)18-10-7-15(24(28)29)12-19(18)21(23)26/h2-12H,1H3. The molecule has 9 nitrogen and oxygen atoms in total. The van der Waals surface area contributed by atoms with Crippen molar-refractivity contribution in [2.45, 2.75) is 0 Å². The molecule has 31 heavy (non-hydrogen) atoms. The average Bonchev–Trinajstić information content (AvgIpc) is 3.04. The quantitative estimate of drug-likeness (QED) is 0.204. The van der Waals surface area contributed by atoms with Crippen LogP contribution in [0.25, 0.3) is 0 Å². The number of esters is 1. The maximum absolute atomic E-state index is 12.7. The van der Waals surface area contributed by atoms with E-state index in [2.05, 4.69) is 0 Å². The largest absolute Gasteiger partial charge is 0.497 e. The smallest absolute Gasteiger partial charge is 0.343 e. The molecule has 0 fully saturated rings. The van der Waals surface area contributed by atoms with Gasteiger partial charge in [-0.15, -0.1) is 0 Å². The van der Waals surface area contributed by atoms with E-state index in [-0.39, 0.29) is 28.3 Å². The van der Waals surface area contributed by atoms with E-state index in [1.54, 1.807) is 18.2 Å². The molecule has 1 aliphatic heterocycles. The number of non-ortho nitro benzene ring substituents is 1. The molecule has 0 bridgehead atoms. The normalized spacial score (nSPS) is 12.5. The summed E-state index contributed by atoms with van der Waals surface area (Å²) in [6.45, 7) is 0. The Balaban J connectivity index is 1.54. The molecule has 1 aliphatic rings. The maximum atomic E-state index is 12.7. The fourth-order valence-electron chi connectivity index (χ4n) is 3.16. The monoisotopic (exact) mass is 418 g/mol. The molecule has 3 aromatic carbocycles. The number of carbonyl (C=O) groups excluding carboxylic acids is 3. The van der Waals surface area contributed by atoms with Crippen molar-refractivity contribution < 1.29 is 28.8 Å².